The van der Waals surface area contributed by atoms with Gasteiger partial charge in [-0.1, -0.05) is 6.07 Å². The van der Waals surface area contributed by atoms with Crippen LogP contribution >= 0.6 is 0 Å². The van der Waals surface area contributed by atoms with Crippen molar-refractivity contribution in [3.05, 3.63) is 59.7 Å². The van der Waals surface area contributed by atoms with Crippen molar-refractivity contribution < 1.29 is 14.3 Å². The minimum absolute atomic E-state index is 0.0310. The highest BCUT2D eigenvalue weighted by Crippen LogP contribution is 2.17. The number of nitrogens with two attached hydrogens (primary N) is 1. The summed E-state index contributed by atoms with van der Waals surface area (Å²) in [6.07, 6.45) is 1.43. The first-order valence-corrected chi connectivity index (χ1v) is 6.53. The molecular formula is C15H14FN5O2. The molecule has 0 amide bonds. The quantitative estimate of drug-likeness (QED) is 0.453. The fraction of sp³-hybridized carbons (Fsp3) is 0.0667. The van der Waals surface area contributed by atoms with E-state index in [2.05, 4.69) is 10.1 Å². The maximum atomic E-state index is 13.3. The maximum Gasteiger partial charge on any atom is 0.337 e. The third-order valence-electron chi connectivity index (χ3n) is 2.91. The number of pyridine rings is 1. The van der Waals surface area contributed by atoms with Crippen LogP contribution in [-0.4, -0.2) is 27.7 Å². The van der Waals surface area contributed by atoms with Crippen molar-refractivity contribution in [3.63, 3.8) is 0 Å². The summed E-state index contributed by atoms with van der Waals surface area (Å²) in [7, 11) is 0. The predicted molar refractivity (Wildman–Crippen MR) is 84.2 cm³/mol. The molecule has 0 aliphatic heterocycles. The number of aromatic carboxylic acids is 1. The lowest BCUT2D eigenvalue weighted by atomic mass is 10.1. The Labute approximate surface area is 131 Å². The van der Waals surface area contributed by atoms with Gasteiger partial charge in [0.25, 0.3) is 0 Å². The molecule has 118 valence electrons. The molecule has 0 radical (unpaired) electrons. The molecule has 0 saturated heterocycles. The Hall–Kier alpha value is -3.29. The Morgan fingerprint density at radius 3 is 2.74 bits per heavy atom. The van der Waals surface area contributed by atoms with Gasteiger partial charge in [0.2, 0.25) is 5.96 Å². The van der Waals surface area contributed by atoms with Crippen LogP contribution in [0.4, 0.5) is 10.1 Å². The topological polar surface area (TPSA) is 116 Å². The zero-order chi connectivity index (χ0) is 17.0. The number of hydrogen-bond donors (Lipinski definition) is 3. The molecule has 2 aromatic rings. The van der Waals surface area contributed by atoms with Crippen molar-refractivity contribution in [2.24, 2.45) is 10.8 Å². The van der Waals surface area contributed by atoms with Crippen molar-refractivity contribution in [1.82, 2.24) is 4.98 Å². The molecule has 0 unspecified atom stereocenters. The van der Waals surface area contributed by atoms with Gasteiger partial charge < -0.3 is 10.8 Å². The first-order chi connectivity index (χ1) is 10.9. The van der Waals surface area contributed by atoms with Crippen molar-refractivity contribution >= 4 is 23.3 Å². The van der Waals surface area contributed by atoms with Gasteiger partial charge in [0, 0.05) is 6.20 Å². The van der Waals surface area contributed by atoms with E-state index in [1.54, 1.807) is 0 Å². The second kappa shape index (κ2) is 6.65. The summed E-state index contributed by atoms with van der Waals surface area (Å²) in [5, 5.41) is 21.9. The van der Waals surface area contributed by atoms with Crippen LogP contribution in [-0.2, 0) is 0 Å². The lowest BCUT2D eigenvalue weighted by molar-refractivity contribution is 0.0696. The second-order valence-corrected chi connectivity index (χ2v) is 4.57. The average Bonchev–Trinajstić information content (AvgIpc) is 2.52. The van der Waals surface area contributed by atoms with E-state index in [4.69, 9.17) is 11.1 Å². The highest BCUT2D eigenvalue weighted by atomic mass is 19.1. The van der Waals surface area contributed by atoms with E-state index in [1.165, 1.54) is 43.5 Å². The average molecular weight is 315 g/mol. The summed E-state index contributed by atoms with van der Waals surface area (Å²) in [4.78, 5) is 15.2. The molecular weight excluding hydrogens is 301 g/mol. The molecule has 0 fully saturated rings. The molecule has 0 bridgehead atoms. The summed E-state index contributed by atoms with van der Waals surface area (Å²) in [5.41, 5.74) is 6.06. The molecule has 0 saturated carbocycles. The fourth-order valence-corrected chi connectivity index (χ4v) is 1.92. The first kappa shape index (κ1) is 16.1. The summed E-state index contributed by atoms with van der Waals surface area (Å²) in [6.45, 7) is 1.53. The summed E-state index contributed by atoms with van der Waals surface area (Å²) in [6, 6.07) is 8.28. The standard InChI is InChI=1S/C15H14FN5O2/c1-9(13-12(14(22)23)6-3-7-19-13)20-21(15(17)18)11-5-2-4-10(16)8-11/h2-8H,1H3,(H3,17,18)(H,22,23)/b20-9+. The third kappa shape index (κ3) is 3.67. The SMILES string of the molecule is C/C(=N\N(C(=N)N)c1cccc(F)c1)c1ncccc1C(=O)O. The highest BCUT2D eigenvalue weighted by Gasteiger charge is 2.16. The number of guanidine groups is 1. The van der Waals surface area contributed by atoms with Crippen LogP contribution in [0.1, 0.15) is 23.0 Å². The Morgan fingerprint density at radius 2 is 2.13 bits per heavy atom. The molecule has 1 heterocycles. The number of nitrogens with zero attached hydrogens (tertiary/aromatic N) is 3. The molecule has 1 aromatic carbocycles. The lowest BCUT2D eigenvalue weighted by Crippen LogP contribution is -2.33. The predicted octanol–water partition coefficient (Wildman–Crippen LogP) is 2.04. The van der Waals surface area contributed by atoms with E-state index in [0.29, 0.717) is 0 Å². The van der Waals surface area contributed by atoms with Crippen molar-refractivity contribution in [3.8, 4) is 0 Å². The van der Waals surface area contributed by atoms with Gasteiger partial charge in [-0.25, -0.2) is 14.2 Å². The smallest absolute Gasteiger partial charge is 0.337 e. The van der Waals surface area contributed by atoms with Crippen molar-refractivity contribution in [1.29, 1.82) is 5.41 Å². The number of benzene rings is 1. The zero-order valence-corrected chi connectivity index (χ0v) is 12.2. The highest BCUT2D eigenvalue weighted by molar-refractivity contribution is 6.07. The van der Waals surface area contributed by atoms with Crippen LogP contribution in [0.15, 0.2) is 47.7 Å². The van der Waals surface area contributed by atoms with E-state index in [0.717, 1.165) is 11.1 Å². The Morgan fingerprint density at radius 1 is 1.39 bits per heavy atom. The first-order valence-electron chi connectivity index (χ1n) is 6.53. The van der Waals surface area contributed by atoms with Gasteiger partial charge in [0.15, 0.2) is 0 Å². The van der Waals surface area contributed by atoms with Crippen LogP contribution < -0.4 is 10.7 Å². The maximum absolute atomic E-state index is 13.3. The number of carboxylic acid groups (broad SMARTS) is 1. The molecule has 0 spiro atoms. The fourth-order valence-electron chi connectivity index (χ4n) is 1.92. The lowest BCUT2D eigenvalue weighted by Gasteiger charge is -2.18. The molecule has 0 aliphatic carbocycles. The molecule has 1 aromatic heterocycles. The van der Waals surface area contributed by atoms with E-state index in [1.807, 2.05) is 0 Å². The van der Waals surface area contributed by atoms with Gasteiger partial charge in [-0.05, 0) is 37.3 Å². The molecule has 2 rings (SSSR count). The zero-order valence-electron chi connectivity index (χ0n) is 12.2. The van der Waals surface area contributed by atoms with Gasteiger partial charge in [-0.2, -0.15) is 5.10 Å². The molecule has 8 heteroatoms. The minimum Gasteiger partial charge on any atom is -0.478 e. The van der Waals surface area contributed by atoms with Crippen LogP contribution in [0.25, 0.3) is 0 Å². The van der Waals surface area contributed by atoms with E-state index in [9.17, 15) is 14.3 Å². The van der Waals surface area contributed by atoms with E-state index < -0.39 is 17.7 Å². The Kier molecular flexibility index (Phi) is 4.65. The minimum atomic E-state index is -1.15. The number of hydrazone groups is 1. The van der Waals surface area contributed by atoms with Gasteiger partial charge in [0.1, 0.15) is 11.5 Å². The van der Waals surface area contributed by atoms with Gasteiger partial charge in [-0.15, -0.1) is 0 Å². The van der Waals surface area contributed by atoms with Gasteiger partial charge >= 0.3 is 5.97 Å². The summed E-state index contributed by atoms with van der Waals surface area (Å²) >= 11 is 0. The van der Waals surface area contributed by atoms with Crippen LogP contribution in [0, 0.1) is 11.2 Å². The summed E-state index contributed by atoms with van der Waals surface area (Å²) < 4.78 is 13.3. The van der Waals surface area contributed by atoms with E-state index >= 15 is 0 Å². The van der Waals surface area contributed by atoms with Crippen LogP contribution in [0.2, 0.25) is 0 Å². The molecule has 0 atom stereocenters. The van der Waals surface area contributed by atoms with E-state index in [-0.39, 0.29) is 22.7 Å². The Bertz CT molecular complexity index is 791. The molecule has 0 aliphatic rings. The Balaban J connectivity index is 2.48. The van der Waals surface area contributed by atoms with Gasteiger partial charge in [0.05, 0.1) is 17.0 Å². The number of carboxylic acids is 1. The second-order valence-electron chi connectivity index (χ2n) is 4.57. The number of rotatable bonds is 4. The third-order valence-corrected chi connectivity index (χ3v) is 2.91. The normalized spacial score (nSPS) is 11.1. The number of halogens is 1. The number of aromatic nitrogens is 1. The number of nitrogens with one attached hydrogen (secondary N) is 1. The number of hydrogen-bond acceptors (Lipinski definition) is 4. The van der Waals surface area contributed by atoms with Gasteiger partial charge in [-0.3, -0.25) is 10.4 Å². The largest absolute Gasteiger partial charge is 0.478 e. The monoisotopic (exact) mass is 315 g/mol. The number of anilines is 1. The number of carbonyl (C=O) groups is 1. The summed E-state index contributed by atoms with van der Waals surface area (Å²) in [5.74, 6) is -2.10. The van der Waals surface area contributed by atoms with Crippen molar-refractivity contribution in [2.75, 3.05) is 5.01 Å². The molecule has 7 nitrogen and oxygen atoms in total. The van der Waals surface area contributed by atoms with Crippen LogP contribution in [0.3, 0.4) is 0 Å². The van der Waals surface area contributed by atoms with Crippen LogP contribution in [0.5, 0.6) is 0 Å². The molecule has 23 heavy (non-hydrogen) atoms. The molecule has 4 N–H and O–H groups in total. The van der Waals surface area contributed by atoms with Crippen molar-refractivity contribution in [2.45, 2.75) is 6.92 Å².